The minimum Gasteiger partial charge on any atom is -0.455 e. The van der Waals surface area contributed by atoms with E-state index in [0.29, 0.717) is 11.8 Å². The van der Waals surface area contributed by atoms with Crippen molar-refractivity contribution in [1.29, 1.82) is 0 Å². The Hall–Kier alpha value is -6.22. The Morgan fingerprint density at radius 3 is 2.38 bits per heavy atom. The molecule has 0 bridgehead atoms. The van der Waals surface area contributed by atoms with Crippen molar-refractivity contribution < 1.29 is 59.8 Å². The molecule has 4 aromatic rings. The summed E-state index contributed by atoms with van der Waals surface area (Å²) in [6.07, 6.45) is -2.68. The quantitative estimate of drug-likeness (QED) is 0.0654. The Balaban J connectivity index is 0.878. The molecule has 0 saturated carbocycles. The number of imide groups is 2. The lowest BCUT2D eigenvalue weighted by Gasteiger charge is -2.27. The first kappa shape index (κ1) is 39.5. The van der Waals surface area contributed by atoms with Gasteiger partial charge in [0.15, 0.2) is 17.4 Å². The van der Waals surface area contributed by atoms with Gasteiger partial charge in [-0.3, -0.25) is 29.4 Å². The highest BCUT2D eigenvalue weighted by Crippen LogP contribution is 2.39. The highest BCUT2D eigenvalue weighted by Gasteiger charge is 2.47. The van der Waals surface area contributed by atoms with Crippen LogP contribution in [0.1, 0.15) is 50.9 Å². The number of carbonyl (C=O) groups is 5. The van der Waals surface area contributed by atoms with Gasteiger partial charge in [-0.15, -0.1) is 0 Å². The summed E-state index contributed by atoms with van der Waals surface area (Å²) in [6, 6.07) is 1.01. The summed E-state index contributed by atoms with van der Waals surface area (Å²) in [6.45, 7) is 2.66. The van der Waals surface area contributed by atoms with Gasteiger partial charge in [0, 0.05) is 42.2 Å². The molecule has 56 heavy (non-hydrogen) atoms. The number of anilines is 3. The lowest BCUT2D eigenvalue weighted by atomic mass is 10.0. The fraction of sp³-hybridized carbons (Fsp3) is 0.343. The van der Waals surface area contributed by atoms with Crippen LogP contribution in [0.4, 0.5) is 44.1 Å². The van der Waals surface area contributed by atoms with Crippen molar-refractivity contribution in [2.24, 2.45) is 0 Å². The zero-order valence-corrected chi connectivity index (χ0v) is 29.4. The lowest BCUT2D eigenvalue weighted by Crippen LogP contribution is -2.54. The number of aryl methyl sites for hydroxylation is 1. The van der Waals surface area contributed by atoms with Gasteiger partial charge in [-0.1, -0.05) is 6.07 Å². The van der Waals surface area contributed by atoms with E-state index in [1.54, 1.807) is 17.4 Å². The van der Waals surface area contributed by atoms with Crippen molar-refractivity contribution in [3.63, 3.8) is 0 Å². The zero-order valence-electron chi connectivity index (χ0n) is 29.4. The average Bonchev–Trinajstić information content (AvgIpc) is 3.60. The van der Waals surface area contributed by atoms with Crippen molar-refractivity contribution >= 4 is 58.0 Å². The largest absolute Gasteiger partial charge is 0.455 e. The Kier molecular flexibility index (Phi) is 11.7. The summed E-state index contributed by atoms with van der Waals surface area (Å²) < 4.78 is 85.8. The highest BCUT2D eigenvalue weighted by molar-refractivity contribution is 6.25. The molecule has 0 aliphatic carbocycles. The third-order valence-corrected chi connectivity index (χ3v) is 8.70. The second kappa shape index (κ2) is 16.7. The van der Waals surface area contributed by atoms with Gasteiger partial charge >= 0.3 is 12.2 Å². The average molecular weight is 789 g/mol. The van der Waals surface area contributed by atoms with Crippen molar-refractivity contribution in [2.75, 3.05) is 55.5 Å². The molecular weight excluding hydrogens is 755 g/mol. The monoisotopic (exact) mass is 788 g/mol. The molecule has 5 N–H and O–H groups in total. The molecule has 2 aromatic carbocycles. The van der Waals surface area contributed by atoms with Crippen LogP contribution in [0, 0.1) is 18.6 Å². The first-order valence-electron chi connectivity index (χ1n) is 17.0. The predicted octanol–water partition coefficient (Wildman–Crippen LogP) is 4.19. The van der Waals surface area contributed by atoms with Gasteiger partial charge in [0.2, 0.25) is 17.8 Å². The van der Waals surface area contributed by atoms with Crippen molar-refractivity contribution in [1.82, 2.24) is 25.5 Å². The minimum atomic E-state index is -5.05. The highest BCUT2D eigenvalue weighted by atomic mass is 19.4. The summed E-state index contributed by atoms with van der Waals surface area (Å²) in [5.74, 6) is -5.24. The molecule has 0 radical (unpaired) electrons. The Morgan fingerprint density at radius 2 is 1.70 bits per heavy atom. The van der Waals surface area contributed by atoms with Gasteiger partial charge < -0.3 is 35.2 Å². The molecule has 1 unspecified atom stereocenters. The van der Waals surface area contributed by atoms with E-state index in [1.165, 1.54) is 13.0 Å². The number of benzene rings is 2. The fourth-order valence-electron chi connectivity index (χ4n) is 6.09. The number of alkyl halides is 3. The Bertz CT molecular complexity index is 2160. The van der Waals surface area contributed by atoms with E-state index in [0.717, 1.165) is 23.4 Å². The molecule has 1 saturated heterocycles. The van der Waals surface area contributed by atoms with Crippen molar-refractivity contribution in [2.45, 2.75) is 38.0 Å². The number of urea groups is 1. The number of rotatable bonds is 15. The van der Waals surface area contributed by atoms with E-state index in [2.05, 4.69) is 31.2 Å². The number of fused-ring (bicyclic) bond motifs is 2. The molecule has 6 amide bonds. The van der Waals surface area contributed by atoms with Crippen molar-refractivity contribution in [3.05, 3.63) is 76.8 Å². The van der Waals surface area contributed by atoms with Crippen molar-refractivity contribution in [3.8, 4) is 0 Å². The third kappa shape index (κ3) is 8.68. The predicted molar refractivity (Wildman–Crippen MR) is 186 cm³/mol. The SMILES string of the molecule is Cc1c([C@@H](NC(=O)Nc2cnc(NCCOCCOCCNc3cccc4c3C(=O)N(C3CCC(=O)NC3=O)C4=O)nc2)C(F)(F)F)oc2c(F)cc(F)cc12. The number of hydrogen-bond donors (Lipinski definition) is 5. The molecule has 16 nitrogen and oxygen atoms in total. The molecule has 1 fully saturated rings. The molecule has 2 aliphatic heterocycles. The van der Waals surface area contributed by atoms with Crippen LogP contribution in [0.15, 0.2) is 47.1 Å². The second-order valence-electron chi connectivity index (χ2n) is 12.5. The molecule has 2 atom stereocenters. The van der Waals surface area contributed by atoms with Crippen LogP contribution in [0.3, 0.4) is 0 Å². The van der Waals surface area contributed by atoms with Gasteiger partial charge in [-0.2, -0.15) is 13.2 Å². The third-order valence-electron chi connectivity index (χ3n) is 8.70. The van der Waals surface area contributed by atoms with Gasteiger partial charge in [0.05, 0.1) is 55.6 Å². The van der Waals surface area contributed by atoms with E-state index in [-0.39, 0.29) is 86.1 Å². The van der Waals surface area contributed by atoms with Crippen LogP contribution < -0.4 is 26.6 Å². The summed E-state index contributed by atoms with van der Waals surface area (Å²) in [4.78, 5) is 71.3. The van der Waals surface area contributed by atoms with Crippen LogP contribution in [-0.4, -0.2) is 96.3 Å². The molecule has 2 aliphatic rings. The molecule has 4 heterocycles. The molecule has 2 aromatic heterocycles. The number of furan rings is 1. The molecular formula is C35H33F5N8O8. The molecule has 0 spiro atoms. The minimum absolute atomic E-state index is 0.0185. The molecule has 21 heteroatoms. The zero-order chi connectivity index (χ0) is 40.1. The first-order chi connectivity index (χ1) is 26.7. The number of amides is 6. The number of hydrogen-bond acceptors (Lipinski definition) is 12. The van der Waals surface area contributed by atoms with E-state index >= 15 is 0 Å². The fourth-order valence-corrected chi connectivity index (χ4v) is 6.09. The topological polar surface area (TPSA) is 206 Å². The van der Waals surface area contributed by atoms with Gasteiger partial charge in [0.1, 0.15) is 17.6 Å². The molecule has 296 valence electrons. The van der Waals surface area contributed by atoms with Crippen LogP contribution >= 0.6 is 0 Å². The van der Waals surface area contributed by atoms with Crippen LogP contribution in [0.2, 0.25) is 0 Å². The summed E-state index contributed by atoms with van der Waals surface area (Å²) in [5.41, 5.74) is -0.118. The normalized spacial score (nSPS) is 16.2. The van der Waals surface area contributed by atoms with E-state index in [1.807, 2.05) is 0 Å². The number of nitrogens with one attached hydrogen (secondary N) is 5. The van der Waals surface area contributed by atoms with Gasteiger partial charge in [-0.25, -0.2) is 23.5 Å². The second-order valence-corrected chi connectivity index (χ2v) is 12.5. The maximum Gasteiger partial charge on any atom is 0.416 e. The van der Waals surface area contributed by atoms with E-state index in [9.17, 15) is 45.9 Å². The number of carbonyl (C=O) groups excluding carboxylic acids is 5. The number of halogens is 5. The van der Waals surface area contributed by atoms with Crippen LogP contribution in [0.25, 0.3) is 11.0 Å². The first-order valence-corrected chi connectivity index (χ1v) is 17.0. The summed E-state index contributed by atoms with van der Waals surface area (Å²) in [5, 5.41) is 11.8. The summed E-state index contributed by atoms with van der Waals surface area (Å²) in [7, 11) is 0. The number of aromatic nitrogens is 2. The van der Waals surface area contributed by atoms with Gasteiger partial charge in [-0.05, 0) is 31.5 Å². The Morgan fingerprint density at radius 1 is 1.00 bits per heavy atom. The number of nitrogens with zero attached hydrogens (tertiary/aromatic N) is 3. The number of ether oxygens (including phenoxy) is 2. The summed E-state index contributed by atoms with van der Waals surface area (Å²) >= 11 is 0. The Labute approximate surface area is 313 Å². The maximum absolute atomic E-state index is 14.1. The van der Waals surface area contributed by atoms with Crippen LogP contribution in [-0.2, 0) is 19.1 Å². The van der Waals surface area contributed by atoms with Crippen LogP contribution in [0.5, 0.6) is 0 Å². The van der Waals surface area contributed by atoms with E-state index in [4.69, 9.17) is 13.9 Å². The van der Waals surface area contributed by atoms with Gasteiger partial charge in [0.25, 0.3) is 11.8 Å². The standard InChI is InChI=1S/C35H33F5N8O8/c1-17-21-13-18(36)14-22(37)28(21)56-27(17)29(35(38,39)40)47-34(53)45-19-15-43-33(44-16-19)42-8-10-55-12-11-54-9-7-41-23-4-2-3-20-26(23)32(52)48(31(20)51)24-5-6-25(49)46-30(24)50/h2-4,13-16,24,29,41H,5-12H2,1H3,(H,42,43,44)(H2,45,47,53)(H,46,49,50)/t24?,29-/m1/s1. The maximum atomic E-state index is 14.1. The number of piperidine rings is 1. The molecule has 6 rings (SSSR count). The lowest BCUT2D eigenvalue weighted by molar-refractivity contribution is -0.158. The van der Waals surface area contributed by atoms with E-state index < -0.39 is 70.9 Å². The smallest absolute Gasteiger partial charge is 0.416 e.